The summed E-state index contributed by atoms with van der Waals surface area (Å²) in [7, 11) is 3.24. The fourth-order valence-corrected chi connectivity index (χ4v) is 1.88. The lowest BCUT2D eigenvalue weighted by Crippen LogP contribution is -1.98. The smallest absolute Gasteiger partial charge is 0.170 e. The van der Waals surface area contributed by atoms with Crippen molar-refractivity contribution in [3.8, 4) is 22.8 Å². The summed E-state index contributed by atoms with van der Waals surface area (Å²) in [5.41, 5.74) is 2.63. The second-order valence-corrected chi connectivity index (χ2v) is 4.54. The van der Waals surface area contributed by atoms with E-state index in [1.807, 2.05) is 30.3 Å². The predicted molar refractivity (Wildman–Crippen MR) is 74.7 cm³/mol. The fourth-order valence-electron chi connectivity index (χ4n) is 1.88. The van der Waals surface area contributed by atoms with Crippen LogP contribution in [0.1, 0.15) is 25.5 Å². The maximum absolute atomic E-state index is 5.41. The topological polar surface area (TPSA) is 44.2 Å². The summed E-state index contributed by atoms with van der Waals surface area (Å²) < 4.78 is 10.7. The summed E-state index contributed by atoms with van der Waals surface area (Å²) in [6.45, 7) is 4.19. The van der Waals surface area contributed by atoms with Crippen LogP contribution in [0.5, 0.6) is 11.5 Å². The highest BCUT2D eigenvalue weighted by Crippen LogP contribution is 2.36. The van der Waals surface area contributed by atoms with E-state index < -0.39 is 0 Å². The molecule has 0 saturated heterocycles. The maximum atomic E-state index is 5.41. The monoisotopic (exact) mass is 258 g/mol. The van der Waals surface area contributed by atoms with Crippen molar-refractivity contribution in [3.63, 3.8) is 0 Å². The van der Waals surface area contributed by atoms with Crippen molar-refractivity contribution in [3.05, 3.63) is 36.0 Å². The molecule has 0 unspecified atom stereocenters. The van der Waals surface area contributed by atoms with Crippen LogP contribution in [0.3, 0.4) is 0 Å². The maximum Gasteiger partial charge on any atom is 0.170 e. The minimum Gasteiger partial charge on any atom is -0.493 e. The third-order valence-corrected chi connectivity index (χ3v) is 2.96. The van der Waals surface area contributed by atoms with E-state index in [-0.39, 0.29) is 0 Å². The highest BCUT2D eigenvalue weighted by Gasteiger charge is 2.13. The Morgan fingerprint density at radius 3 is 2.26 bits per heavy atom. The molecule has 1 heterocycles. The van der Waals surface area contributed by atoms with Crippen LogP contribution in [0.25, 0.3) is 11.3 Å². The van der Waals surface area contributed by atoms with Crippen LogP contribution in [0.15, 0.2) is 30.3 Å². The van der Waals surface area contributed by atoms with Crippen LogP contribution in [-0.2, 0) is 0 Å². The van der Waals surface area contributed by atoms with Crippen LogP contribution < -0.4 is 9.47 Å². The van der Waals surface area contributed by atoms with Gasteiger partial charge in [0.05, 0.1) is 25.6 Å². The molecule has 4 heteroatoms. The first-order chi connectivity index (χ1) is 9.17. The molecule has 0 saturated carbocycles. The van der Waals surface area contributed by atoms with Crippen molar-refractivity contribution < 1.29 is 9.47 Å². The molecule has 0 atom stereocenters. The summed E-state index contributed by atoms with van der Waals surface area (Å²) in [5, 5.41) is 8.51. The highest BCUT2D eigenvalue weighted by atomic mass is 16.5. The van der Waals surface area contributed by atoms with E-state index in [0.717, 1.165) is 17.0 Å². The molecule has 2 rings (SSSR count). The number of methoxy groups -OCH3 is 2. The summed E-state index contributed by atoms with van der Waals surface area (Å²) in [5.74, 6) is 1.74. The van der Waals surface area contributed by atoms with Gasteiger partial charge in [-0.25, -0.2) is 0 Å². The van der Waals surface area contributed by atoms with Crippen molar-refractivity contribution in [1.82, 2.24) is 10.2 Å². The van der Waals surface area contributed by atoms with Crippen LogP contribution in [0.4, 0.5) is 0 Å². The molecule has 0 aliphatic carbocycles. The van der Waals surface area contributed by atoms with Crippen molar-refractivity contribution >= 4 is 0 Å². The van der Waals surface area contributed by atoms with Gasteiger partial charge in [0.1, 0.15) is 0 Å². The van der Waals surface area contributed by atoms with Crippen molar-refractivity contribution in [2.75, 3.05) is 14.2 Å². The van der Waals surface area contributed by atoms with E-state index in [1.165, 1.54) is 0 Å². The third-order valence-electron chi connectivity index (χ3n) is 2.96. The van der Waals surface area contributed by atoms with Gasteiger partial charge in [-0.05, 0) is 30.2 Å². The molecule has 0 radical (unpaired) electrons. The average Bonchev–Trinajstić information content (AvgIpc) is 2.46. The molecule has 0 aliphatic heterocycles. The molecule has 0 spiro atoms. The molecular formula is C15H18N2O2. The van der Waals surface area contributed by atoms with Crippen molar-refractivity contribution in [2.24, 2.45) is 0 Å². The van der Waals surface area contributed by atoms with Gasteiger partial charge in [0.25, 0.3) is 0 Å². The molecule has 19 heavy (non-hydrogen) atoms. The molecule has 0 fully saturated rings. The molecule has 0 N–H and O–H groups in total. The van der Waals surface area contributed by atoms with Gasteiger partial charge in [-0.15, -0.1) is 0 Å². The van der Waals surface area contributed by atoms with E-state index in [9.17, 15) is 0 Å². The Hall–Kier alpha value is -2.10. The van der Waals surface area contributed by atoms with E-state index in [4.69, 9.17) is 9.47 Å². The zero-order chi connectivity index (χ0) is 13.8. The normalized spacial score (nSPS) is 10.6. The highest BCUT2D eigenvalue weighted by molar-refractivity contribution is 5.70. The Morgan fingerprint density at radius 1 is 0.947 bits per heavy atom. The lowest BCUT2D eigenvalue weighted by atomic mass is 10.1. The first kappa shape index (κ1) is 13.3. The number of aromatic nitrogens is 2. The first-order valence-corrected chi connectivity index (χ1v) is 6.22. The third kappa shape index (κ3) is 2.67. The second-order valence-electron chi connectivity index (χ2n) is 4.54. The van der Waals surface area contributed by atoms with Gasteiger partial charge < -0.3 is 9.47 Å². The largest absolute Gasteiger partial charge is 0.493 e. The van der Waals surface area contributed by atoms with Gasteiger partial charge >= 0.3 is 0 Å². The second kappa shape index (κ2) is 5.69. The number of nitrogens with zero attached hydrogens (tertiary/aromatic N) is 2. The summed E-state index contributed by atoms with van der Waals surface area (Å²) in [4.78, 5) is 0. The van der Waals surface area contributed by atoms with Crippen LogP contribution in [0.2, 0.25) is 0 Å². The lowest BCUT2D eigenvalue weighted by molar-refractivity contribution is 0.356. The van der Waals surface area contributed by atoms with Crippen molar-refractivity contribution in [1.29, 1.82) is 0 Å². The SMILES string of the molecule is COc1cccc(-c2ccc(C(C)C)nn2)c1OC. The van der Waals surface area contributed by atoms with Gasteiger partial charge in [-0.2, -0.15) is 10.2 Å². The molecular weight excluding hydrogens is 240 g/mol. The lowest BCUT2D eigenvalue weighted by Gasteiger charge is -2.12. The molecule has 0 aliphatic rings. The molecule has 0 bridgehead atoms. The molecule has 4 nitrogen and oxygen atoms in total. The number of para-hydroxylation sites is 1. The van der Waals surface area contributed by atoms with Gasteiger partial charge in [-0.1, -0.05) is 19.9 Å². The Kier molecular flexibility index (Phi) is 4.00. The number of ether oxygens (including phenoxy) is 2. The molecule has 1 aromatic heterocycles. The Morgan fingerprint density at radius 2 is 1.74 bits per heavy atom. The number of rotatable bonds is 4. The summed E-state index contributed by atoms with van der Waals surface area (Å²) in [6, 6.07) is 9.67. The minimum atomic E-state index is 0.369. The molecule has 100 valence electrons. The number of hydrogen-bond acceptors (Lipinski definition) is 4. The molecule has 0 amide bonds. The Bertz CT molecular complexity index is 551. The average molecular weight is 258 g/mol. The van der Waals surface area contributed by atoms with E-state index in [2.05, 4.69) is 24.0 Å². The van der Waals surface area contributed by atoms with Crippen LogP contribution in [-0.4, -0.2) is 24.4 Å². The zero-order valence-electron chi connectivity index (χ0n) is 11.7. The standard InChI is InChI=1S/C15H18N2O2/c1-10(2)12-8-9-13(17-16-12)11-6-5-7-14(18-3)15(11)19-4/h5-10H,1-4H3. The van der Waals surface area contributed by atoms with E-state index in [0.29, 0.717) is 17.4 Å². The number of benzene rings is 1. The molecule has 2 aromatic rings. The van der Waals surface area contributed by atoms with E-state index in [1.54, 1.807) is 14.2 Å². The van der Waals surface area contributed by atoms with Crippen LogP contribution >= 0.6 is 0 Å². The van der Waals surface area contributed by atoms with Gasteiger partial charge in [0.2, 0.25) is 0 Å². The quantitative estimate of drug-likeness (QED) is 0.844. The van der Waals surface area contributed by atoms with Gasteiger partial charge in [-0.3, -0.25) is 0 Å². The Labute approximate surface area is 113 Å². The molecule has 1 aromatic carbocycles. The van der Waals surface area contributed by atoms with Crippen LogP contribution in [0, 0.1) is 0 Å². The van der Waals surface area contributed by atoms with Crippen molar-refractivity contribution in [2.45, 2.75) is 19.8 Å². The summed E-state index contributed by atoms with van der Waals surface area (Å²) in [6.07, 6.45) is 0. The fraction of sp³-hybridized carbons (Fsp3) is 0.333. The minimum absolute atomic E-state index is 0.369. The zero-order valence-corrected chi connectivity index (χ0v) is 11.7. The summed E-state index contributed by atoms with van der Waals surface area (Å²) >= 11 is 0. The van der Waals surface area contributed by atoms with Gasteiger partial charge in [0.15, 0.2) is 11.5 Å². The van der Waals surface area contributed by atoms with Gasteiger partial charge in [0, 0.05) is 5.56 Å². The first-order valence-electron chi connectivity index (χ1n) is 6.22. The van der Waals surface area contributed by atoms with E-state index >= 15 is 0 Å². The Balaban J connectivity index is 2.46. The predicted octanol–water partition coefficient (Wildman–Crippen LogP) is 3.28. The number of hydrogen-bond donors (Lipinski definition) is 0.